The predicted octanol–water partition coefficient (Wildman–Crippen LogP) is 2.67. The predicted molar refractivity (Wildman–Crippen MR) is 74.3 cm³/mol. The standard InChI is InChI=1S/C13H19N3OS/c1-4-7-16-13(10(17-3)9-15-16)12(14-2)11-6-5-8-18-11/h5-6,8-9,12,14H,4,7H2,1-3H3. The number of aryl methyl sites for hydroxylation is 1. The second kappa shape index (κ2) is 6.02. The third kappa shape index (κ3) is 2.42. The molecule has 0 saturated heterocycles. The number of nitrogens with zero attached hydrogens (tertiary/aromatic N) is 2. The monoisotopic (exact) mass is 265 g/mol. The van der Waals surface area contributed by atoms with Gasteiger partial charge in [-0.25, -0.2) is 0 Å². The van der Waals surface area contributed by atoms with Gasteiger partial charge in [-0.1, -0.05) is 13.0 Å². The van der Waals surface area contributed by atoms with Crippen molar-refractivity contribution in [2.24, 2.45) is 0 Å². The van der Waals surface area contributed by atoms with Gasteiger partial charge in [-0.3, -0.25) is 4.68 Å². The molecule has 2 heterocycles. The molecule has 4 nitrogen and oxygen atoms in total. The zero-order valence-electron chi connectivity index (χ0n) is 11.0. The van der Waals surface area contributed by atoms with Crippen LogP contribution in [0.4, 0.5) is 0 Å². The molecule has 5 heteroatoms. The van der Waals surface area contributed by atoms with Gasteiger partial charge in [-0.05, 0) is 24.9 Å². The van der Waals surface area contributed by atoms with Gasteiger partial charge >= 0.3 is 0 Å². The van der Waals surface area contributed by atoms with Gasteiger partial charge in [0.2, 0.25) is 0 Å². The summed E-state index contributed by atoms with van der Waals surface area (Å²) in [5, 5.41) is 9.85. The number of thiophene rings is 1. The van der Waals surface area contributed by atoms with E-state index in [4.69, 9.17) is 4.74 Å². The van der Waals surface area contributed by atoms with Crippen LogP contribution < -0.4 is 10.1 Å². The van der Waals surface area contributed by atoms with Gasteiger partial charge in [0.15, 0.2) is 5.75 Å². The minimum Gasteiger partial charge on any atom is -0.493 e. The molecule has 98 valence electrons. The highest BCUT2D eigenvalue weighted by molar-refractivity contribution is 7.10. The minimum absolute atomic E-state index is 0.133. The van der Waals surface area contributed by atoms with Gasteiger partial charge in [0.05, 0.1) is 19.3 Å². The van der Waals surface area contributed by atoms with E-state index in [0.717, 1.165) is 24.4 Å². The summed E-state index contributed by atoms with van der Waals surface area (Å²) in [7, 11) is 3.66. The molecule has 1 atom stereocenters. The van der Waals surface area contributed by atoms with Gasteiger partial charge in [-0.15, -0.1) is 11.3 Å². The number of rotatable bonds is 6. The van der Waals surface area contributed by atoms with Crippen LogP contribution in [0.3, 0.4) is 0 Å². The Morgan fingerprint density at radius 2 is 2.39 bits per heavy atom. The summed E-state index contributed by atoms with van der Waals surface area (Å²) in [6, 6.07) is 4.33. The number of methoxy groups -OCH3 is 1. The molecule has 2 rings (SSSR count). The normalized spacial score (nSPS) is 12.6. The first-order chi connectivity index (χ1) is 8.81. The molecule has 2 aromatic rings. The zero-order valence-corrected chi connectivity index (χ0v) is 11.8. The van der Waals surface area contributed by atoms with E-state index in [9.17, 15) is 0 Å². The molecule has 0 spiro atoms. The van der Waals surface area contributed by atoms with Gasteiger partial charge in [0.1, 0.15) is 5.69 Å². The van der Waals surface area contributed by atoms with E-state index in [1.165, 1.54) is 4.88 Å². The summed E-state index contributed by atoms with van der Waals surface area (Å²) in [4.78, 5) is 1.27. The third-order valence-electron chi connectivity index (χ3n) is 2.89. The largest absolute Gasteiger partial charge is 0.493 e. The van der Waals surface area contributed by atoms with Crippen molar-refractivity contribution in [3.63, 3.8) is 0 Å². The van der Waals surface area contributed by atoms with Crippen molar-refractivity contribution in [2.75, 3.05) is 14.2 Å². The van der Waals surface area contributed by atoms with Crippen molar-refractivity contribution >= 4 is 11.3 Å². The van der Waals surface area contributed by atoms with E-state index in [1.54, 1.807) is 24.6 Å². The number of hydrogen-bond donors (Lipinski definition) is 1. The van der Waals surface area contributed by atoms with Crippen LogP contribution in [0.25, 0.3) is 0 Å². The fourth-order valence-electron chi connectivity index (χ4n) is 2.09. The molecule has 18 heavy (non-hydrogen) atoms. The van der Waals surface area contributed by atoms with Crippen molar-refractivity contribution < 1.29 is 4.74 Å². The Hall–Kier alpha value is -1.33. The molecule has 0 aliphatic rings. The fourth-order valence-corrected chi connectivity index (χ4v) is 2.92. The van der Waals surface area contributed by atoms with Gasteiger partial charge in [0, 0.05) is 11.4 Å². The Balaban J connectivity index is 2.42. The highest BCUT2D eigenvalue weighted by Gasteiger charge is 2.22. The van der Waals surface area contributed by atoms with Crippen LogP contribution in [0, 0.1) is 0 Å². The second-order valence-electron chi connectivity index (χ2n) is 4.06. The van der Waals surface area contributed by atoms with Crippen LogP contribution in [0.5, 0.6) is 5.75 Å². The average molecular weight is 265 g/mol. The first-order valence-electron chi connectivity index (χ1n) is 6.12. The molecule has 0 radical (unpaired) electrons. The Bertz CT molecular complexity index is 478. The van der Waals surface area contributed by atoms with Crippen LogP contribution in [0.15, 0.2) is 23.7 Å². The second-order valence-corrected chi connectivity index (χ2v) is 5.04. The Morgan fingerprint density at radius 3 is 2.94 bits per heavy atom. The maximum Gasteiger partial charge on any atom is 0.161 e. The first kappa shape index (κ1) is 13.1. The van der Waals surface area contributed by atoms with Crippen LogP contribution in [0.1, 0.15) is 30.0 Å². The quantitative estimate of drug-likeness (QED) is 0.873. The first-order valence-corrected chi connectivity index (χ1v) is 7.00. The summed E-state index contributed by atoms with van der Waals surface area (Å²) in [6.07, 6.45) is 2.85. The lowest BCUT2D eigenvalue weighted by Gasteiger charge is -2.18. The summed E-state index contributed by atoms with van der Waals surface area (Å²) < 4.78 is 7.46. The average Bonchev–Trinajstić information content (AvgIpc) is 3.02. The number of nitrogens with one attached hydrogen (secondary N) is 1. The maximum atomic E-state index is 5.43. The molecule has 1 unspecified atom stereocenters. The number of aromatic nitrogens is 2. The summed E-state index contributed by atoms with van der Waals surface area (Å²) in [5.74, 6) is 0.844. The van der Waals surface area contributed by atoms with Crippen molar-refractivity contribution in [1.29, 1.82) is 0 Å². The molecule has 0 aromatic carbocycles. The Kier molecular flexibility index (Phi) is 4.38. The third-order valence-corrected chi connectivity index (χ3v) is 3.83. The summed E-state index contributed by atoms with van der Waals surface area (Å²) in [5.41, 5.74) is 1.10. The van der Waals surface area contributed by atoms with Crippen molar-refractivity contribution in [2.45, 2.75) is 25.9 Å². The molecule has 2 aromatic heterocycles. The summed E-state index contributed by atoms with van der Waals surface area (Å²) >= 11 is 1.74. The van der Waals surface area contributed by atoms with Crippen molar-refractivity contribution in [3.8, 4) is 5.75 Å². The number of ether oxygens (including phenoxy) is 1. The Labute approximate surface area is 112 Å². The van der Waals surface area contributed by atoms with Gasteiger partial charge in [-0.2, -0.15) is 5.10 Å². The Morgan fingerprint density at radius 1 is 1.56 bits per heavy atom. The molecule has 0 amide bonds. The molecule has 0 aliphatic heterocycles. The SMILES string of the molecule is CCCn1ncc(OC)c1C(NC)c1cccs1. The van der Waals surface area contributed by atoms with Gasteiger partial charge in [0.25, 0.3) is 0 Å². The summed E-state index contributed by atoms with van der Waals surface area (Å²) in [6.45, 7) is 3.06. The lowest BCUT2D eigenvalue weighted by atomic mass is 10.1. The van der Waals surface area contributed by atoms with E-state index >= 15 is 0 Å². The molecule has 1 N–H and O–H groups in total. The maximum absolute atomic E-state index is 5.43. The molecule has 0 bridgehead atoms. The van der Waals surface area contributed by atoms with Crippen molar-refractivity contribution in [1.82, 2.24) is 15.1 Å². The van der Waals surface area contributed by atoms with Crippen molar-refractivity contribution in [3.05, 3.63) is 34.3 Å². The lowest BCUT2D eigenvalue weighted by Crippen LogP contribution is -2.21. The fraction of sp³-hybridized carbons (Fsp3) is 0.462. The van der Waals surface area contributed by atoms with Gasteiger partial charge < -0.3 is 10.1 Å². The highest BCUT2D eigenvalue weighted by atomic mass is 32.1. The van der Waals surface area contributed by atoms with E-state index in [2.05, 4.69) is 34.9 Å². The van der Waals surface area contributed by atoms with E-state index in [0.29, 0.717) is 0 Å². The number of hydrogen-bond acceptors (Lipinski definition) is 4. The van der Waals surface area contributed by atoms with Crippen LogP contribution >= 0.6 is 11.3 Å². The van der Waals surface area contributed by atoms with E-state index in [1.807, 2.05) is 11.7 Å². The highest BCUT2D eigenvalue weighted by Crippen LogP contribution is 2.32. The molecule has 0 saturated carbocycles. The minimum atomic E-state index is 0.133. The van der Waals surface area contributed by atoms with Crippen LogP contribution in [0.2, 0.25) is 0 Å². The zero-order chi connectivity index (χ0) is 13.0. The van der Waals surface area contributed by atoms with E-state index in [-0.39, 0.29) is 6.04 Å². The molecule has 0 aliphatic carbocycles. The van der Waals surface area contributed by atoms with E-state index < -0.39 is 0 Å². The van der Waals surface area contributed by atoms with Crippen LogP contribution in [-0.2, 0) is 6.54 Å². The molecular formula is C13H19N3OS. The molecule has 0 fully saturated rings. The molecular weight excluding hydrogens is 246 g/mol. The lowest BCUT2D eigenvalue weighted by molar-refractivity contribution is 0.400. The van der Waals surface area contributed by atoms with Crippen LogP contribution in [-0.4, -0.2) is 23.9 Å². The smallest absolute Gasteiger partial charge is 0.161 e. The topological polar surface area (TPSA) is 39.1 Å².